The quantitative estimate of drug-likeness (QED) is 0.860. The Morgan fingerprint density at radius 1 is 1.39 bits per heavy atom. The third-order valence-corrected chi connectivity index (χ3v) is 4.12. The number of para-hydroxylation sites is 1. The Morgan fingerprint density at radius 2 is 2.17 bits per heavy atom. The van der Waals surface area contributed by atoms with Gasteiger partial charge in [0.2, 0.25) is 0 Å². The van der Waals surface area contributed by atoms with Crippen LogP contribution in [0, 0.1) is 11.2 Å². The maximum atomic E-state index is 13.2. The molecule has 2 rings (SSSR count). The van der Waals surface area contributed by atoms with Gasteiger partial charge in [0, 0.05) is 18.2 Å². The van der Waals surface area contributed by atoms with E-state index in [1.165, 1.54) is 25.3 Å². The van der Waals surface area contributed by atoms with Gasteiger partial charge < -0.3 is 10.4 Å². The van der Waals surface area contributed by atoms with Gasteiger partial charge in [0.1, 0.15) is 0 Å². The van der Waals surface area contributed by atoms with Crippen molar-refractivity contribution in [2.45, 2.75) is 52.1 Å². The molecule has 0 radical (unpaired) electrons. The molecule has 1 aliphatic carbocycles. The standard InChI is InChI=1S/C15H22FNO/c1-15(2)9-4-3-8-13(15)17-10-11-6-5-7-12(16)14(11)18/h5-7,13,17-18H,3-4,8-10H2,1-2H3. The van der Waals surface area contributed by atoms with E-state index in [2.05, 4.69) is 19.2 Å². The molecule has 0 heterocycles. The van der Waals surface area contributed by atoms with E-state index in [1.807, 2.05) is 0 Å². The lowest BCUT2D eigenvalue weighted by Crippen LogP contribution is -2.43. The fourth-order valence-electron chi connectivity index (χ4n) is 2.81. The van der Waals surface area contributed by atoms with Crippen LogP contribution in [0.5, 0.6) is 5.75 Å². The summed E-state index contributed by atoms with van der Waals surface area (Å²) >= 11 is 0. The molecule has 100 valence electrons. The maximum absolute atomic E-state index is 13.2. The van der Waals surface area contributed by atoms with Gasteiger partial charge in [-0.15, -0.1) is 0 Å². The van der Waals surface area contributed by atoms with E-state index in [9.17, 15) is 9.50 Å². The molecule has 1 aromatic carbocycles. The molecule has 0 aliphatic heterocycles. The van der Waals surface area contributed by atoms with E-state index >= 15 is 0 Å². The van der Waals surface area contributed by atoms with Crippen LogP contribution in [0.25, 0.3) is 0 Å². The van der Waals surface area contributed by atoms with Crippen LogP contribution in [-0.2, 0) is 6.54 Å². The Bertz CT molecular complexity index is 417. The van der Waals surface area contributed by atoms with Crippen molar-refractivity contribution in [2.75, 3.05) is 0 Å². The maximum Gasteiger partial charge on any atom is 0.165 e. The van der Waals surface area contributed by atoms with E-state index in [0.29, 0.717) is 18.2 Å². The van der Waals surface area contributed by atoms with Crippen molar-refractivity contribution in [2.24, 2.45) is 5.41 Å². The van der Waals surface area contributed by atoms with Crippen molar-refractivity contribution in [1.29, 1.82) is 0 Å². The van der Waals surface area contributed by atoms with Gasteiger partial charge in [-0.25, -0.2) is 4.39 Å². The van der Waals surface area contributed by atoms with Crippen molar-refractivity contribution in [3.63, 3.8) is 0 Å². The summed E-state index contributed by atoms with van der Waals surface area (Å²) < 4.78 is 13.2. The lowest BCUT2D eigenvalue weighted by atomic mass is 9.73. The first kappa shape index (κ1) is 13.3. The first-order valence-electron chi connectivity index (χ1n) is 6.70. The minimum absolute atomic E-state index is 0.224. The molecule has 0 aromatic heterocycles. The van der Waals surface area contributed by atoms with Gasteiger partial charge in [0.15, 0.2) is 11.6 Å². The fourth-order valence-corrected chi connectivity index (χ4v) is 2.81. The van der Waals surface area contributed by atoms with Gasteiger partial charge in [-0.1, -0.05) is 38.8 Å². The Balaban J connectivity index is 2.00. The predicted molar refractivity (Wildman–Crippen MR) is 70.9 cm³/mol. The van der Waals surface area contributed by atoms with Crippen LogP contribution < -0.4 is 5.32 Å². The monoisotopic (exact) mass is 251 g/mol. The number of hydrogen-bond donors (Lipinski definition) is 2. The van der Waals surface area contributed by atoms with Crippen molar-refractivity contribution in [3.8, 4) is 5.75 Å². The van der Waals surface area contributed by atoms with Crippen molar-refractivity contribution >= 4 is 0 Å². The van der Waals surface area contributed by atoms with Gasteiger partial charge in [-0.2, -0.15) is 0 Å². The van der Waals surface area contributed by atoms with Crippen LogP contribution in [0.2, 0.25) is 0 Å². The molecule has 18 heavy (non-hydrogen) atoms. The van der Waals surface area contributed by atoms with E-state index < -0.39 is 5.82 Å². The van der Waals surface area contributed by atoms with Gasteiger partial charge in [-0.3, -0.25) is 0 Å². The van der Waals surface area contributed by atoms with E-state index in [4.69, 9.17) is 0 Å². The molecule has 1 aromatic rings. The van der Waals surface area contributed by atoms with Crippen LogP contribution >= 0.6 is 0 Å². The van der Waals surface area contributed by atoms with E-state index in [-0.39, 0.29) is 11.2 Å². The lowest BCUT2D eigenvalue weighted by Gasteiger charge is -2.39. The number of phenolic OH excluding ortho intramolecular Hbond substituents is 1. The second kappa shape index (κ2) is 5.27. The second-order valence-electron chi connectivity index (χ2n) is 5.92. The van der Waals surface area contributed by atoms with Crippen LogP contribution in [0.4, 0.5) is 4.39 Å². The minimum Gasteiger partial charge on any atom is -0.505 e. The molecule has 0 amide bonds. The Morgan fingerprint density at radius 3 is 2.89 bits per heavy atom. The average molecular weight is 251 g/mol. The number of halogens is 1. The highest BCUT2D eigenvalue weighted by atomic mass is 19.1. The van der Waals surface area contributed by atoms with Gasteiger partial charge in [0.05, 0.1) is 0 Å². The Hall–Kier alpha value is -1.09. The largest absolute Gasteiger partial charge is 0.505 e. The van der Waals surface area contributed by atoms with E-state index in [0.717, 1.165) is 6.42 Å². The predicted octanol–water partition coefficient (Wildman–Crippen LogP) is 3.59. The summed E-state index contributed by atoms with van der Waals surface area (Å²) in [7, 11) is 0. The zero-order chi connectivity index (χ0) is 13.2. The third-order valence-electron chi connectivity index (χ3n) is 4.12. The zero-order valence-corrected chi connectivity index (χ0v) is 11.2. The molecule has 0 bridgehead atoms. The topological polar surface area (TPSA) is 32.3 Å². The summed E-state index contributed by atoms with van der Waals surface area (Å²) in [5.74, 6) is -0.768. The fraction of sp³-hybridized carbons (Fsp3) is 0.600. The van der Waals surface area contributed by atoms with Gasteiger partial charge in [-0.05, 0) is 24.3 Å². The van der Waals surface area contributed by atoms with Gasteiger partial charge in [0.25, 0.3) is 0 Å². The molecule has 1 unspecified atom stereocenters. The molecule has 0 spiro atoms. The third kappa shape index (κ3) is 2.83. The summed E-state index contributed by atoms with van der Waals surface area (Å²) in [6.45, 7) is 5.07. The molecule has 1 saturated carbocycles. The van der Waals surface area contributed by atoms with Crippen molar-refractivity contribution in [1.82, 2.24) is 5.32 Å². The summed E-state index contributed by atoms with van der Waals surface area (Å²) in [6, 6.07) is 5.12. The normalized spacial score (nSPS) is 22.9. The number of nitrogens with one attached hydrogen (secondary N) is 1. The summed E-state index contributed by atoms with van der Waals surface area (Å²) in [4.78, 5) is 0. The highest BCUT2D eigenvalue weighted by Crippen LogP contribution is 2.35. The molecule has 3 heteroatoms. The molecule has 1 aliphatic rings. The van der Waals surface area contributed by atoms with Crippen molar-refractivity contribution < 1.29 is 9.50 Å². The Kier molecular flexibility index (Phi) is 3.91. The lowest BCUT2D eigenvalue weighted by molar-refractivity contribution is 0.166. The zero-order valence-electron chi connectivity index (χ0n) is 11.2. The number of phenols is 1. The van der Waals surface area contributed by atoms with Crippen LogP contribution in [0.3, 0.4) is 0 Å². The number of rotatable bonds is 3. The number of benzene rings is 1. The first-order valence-corrected chi connectivity index (χ1v) is 6.70. The number of aromatic hydroxyl groups is 1. The summed E-state index contributed by atoms with van der Waals surface area (Å²) in [6.07, 6.45) is 4.91. The number of hydrogen-bond acceptors (Lipinski definition) is 2. The van der Waals surface area contributed by atoms with Crippen LogP contribution in [0.15, 0.2) is 18.2 Å². The Labute approximate surface area is 108 Å². The van der Waals surface area contributed by atoms with Gasteiger partial charge >= 0.3 is 0 Å². The summed E-state index contributed by atoms with van der Waals surface area (Å²) in [5, 5.41) is 13.1. The first-order chi connectivity index (χ1) is 8.50. The smallest absolute Gasteiger partial charge is 0.165 e. The molecular formula is C15H22FNO. The average Bonchev–Trinajstić information content (AvgIpc) is 2.32. The molecule has 1 atom stereocenters. The minimum atomic E-state index is -0.544. The second-order valence-corrected chi connectivity index (χ2v) is 5.92. The van der Waals surface area contributed by atoms with E-state index in [1.54, 1.807) is 12.1 Å². The SMILES string of the molecule is CC1(C)CCCCC1NCc1cccc(F)c1O. The molecule has 0 saturated heterocycles. The van der Waals surface area contributed by atoms with Crippen LogP contribution in [-0.4, -0.2) is 11.1 Å². The highest BCUT2D eigenvalue weighted by Gasteiger charge is 2.31. The summed E-state index contributed by atoms with van der Waals surface area (Å²) in [5.41, 5.74) is 0.914. The molecule has 1 fully saturated rings. The molecule has 2 nitrogen and oxygen atoms in total. The molecule has 2 N–H and O–H groups in total. The van der Waals surface area contributed by atoms with Crippen LogP contribution in [0.1, 0.15) is 45.1 Å². The highest BCUT2D eigenvalue weighted by molar-refractivity contribution is 5.33. The van der Waals surface area contributed by atoms with Crippen molar-refractivity contribution in [3.05, 3.63) is 29.6 Å². The molecular weight excluding hydrogens is 229 g/mol.